The second kappa shape index (κ2) is 2.23. The molecule has 0 unspecified atom stereocenters. The molecule has 1 heterocycles. The molecule has 1 saturated heterocycles. The molecule has 58 valence electrons. The molecule has 1 N–H and O–H groups in total. The van der Waals surface area contributed by atoms with Crippen molar-refractivity contribution in [2.75, 3.05) is 6.54 Å². The summed E-state index contributed by atoms with van der Waals surface area (Å²) in [6, 6.07) is 0.801. The van der Waals surface area contributed by atoms with Crippen molar-refractivity contribution in [3.05, 3.63) is 0 Å². The predicted molar refractivity (Wildman–Crippen MR) is 42.8 cm³/mol. The Morgan fingerprint density at radius 1 is 1.20 bits per heavy atom. The van der Waals surface area contributed by atoms with Crippen LogP contribution in [0.25, 0.3) is 0 Å². The quantitative estimate of drug-likeness (QED) is 0.538. The van der Waals surface area contributed by atoms with Crippen molar-refractivity contribution < 1.29 is 0 Å². The molecule has 2 rings (SSSR count). The summed E-state index contributed by atoms with van der Waals surface area (Å²) >= 11 is 0. The summed E-state index contributed by atoms with van der Waals surface area (Å²) in [4.78, 5) is 0. The van der Waals surface area contributed by atoms with E-state index in [1.807, 2.05) is 0 Å². The van der Waals surface area contributed by atoms with Gasteiger partial charge < -0.3 is 5.32 Å². The molecular formula is C9H17N. The third-order valence-electron chi connectivity index (χ3n) is 3.33. The molecule has 0 aromatic carbocycles. The highest BCUT2D eigenvalue weighted by Gasteiger charge is 2.39. The lowest BCUT2D eigenvalue weighted by atomic mass is 9.95. The van der Waals surface area contributed by atoms with E-state index >= 15 is 0 Å². The highest BCUT2D eigenvalue weighted by atomic mass is 15.0. The molecule has 1 heteroatoms. The fourth-order valence-corrected chi connectivity index (χ4v) is 2.78. The van der Waals surface area contributed by atoms with Crippen LogP contribution in [0.1, 0.15) is 26.7 Å². The smallest absolute Gasteiger partial charge is 0.00703 e. The maximum atomic E-state index is 3.54. The molecule has 1 saturated carbocycles. The Hall–Kier alpha value is -0.0400. The summed E-state index contributed by atoms with van der Waals surface area (Å²) in [5, 5.41) is 3.54. The third kappa shape index (κ3) is 0.878. The molecule has 1 aliphatic carbocycles. The first kappa shape index (κ1) is 6.66. The highest BCUT2D eigenvalue weighted by molar-refractivity contribution is 4.93. The second-order valence-corrected chi connectivity index (χ2v) is 4.20. The molecule has 0 amide bonds. The summed E-state index contributed by atoms with van der Waals surface area (Å²) in [6.45, 7) is 6.02. The van der Waals surface area contributed by atoms with E-state index in [9.17, 15) is 0 Å². The molecular weight excluding hydrogens is 122 g/mol. The molecule has 10 heavy (non-hydrogen) atoms. The second-order valence-electron chi connectivity index (χ2n) is 4.20. The minimum absolute atomic E-state index is 0.801. The van der Waals surface area contributed by atoms with Crippen LogP contribution >= 0.6 is 0 Å². The Bertz CT molecular complexity index is 133. The van der Waals surface area contributed by atoms with Gasteiger partial charge in [0.1, 0.15) is 0 Å². The minimum Gasteiger partial charge on any atom is -0.314 e. The summed E-state index contributed by atoms with van der Waals surface area (Å²) in [5.41, 5.74) is 0. The van der Waals surface area contributed by atoms with Gasteiger partial charge in [-0.1, -0.05) is 6.92 Å². The standard InChI is InChI=1S/C9H17N/c1-6-3-8-5-10-7(2)9(8)4-6/h6-10H,3-5H2,1-2H3/t6-,7+,8+,9+/m1/s1. The lowest BCUT2D eigenvalue weighted by Crippen LogP contribution is -2.22. The Morgan fingerprint density at radius 2 is 2.00 bits per heavy atom. The van der Waals surface area contributed by atoms with Gasteiger partial charge in [0.2, 0.25) is 0 Å². The van der Waals surface area contributed by atoms with Gasteiger partial charge in [0, 0.05) is 6.04 Å². The van der Waals surface area contributed by atoms with Crippen molar-refractivity contribution in [2.45, 2.75) is 32.7 Å². The first-order chi connectivity index (χ1) is 4.77. The van der Waals surface area contributed by atoms with Crippen LogP contribution in [0.15, 0.2) is 0 Å². The van der Waals surface area contributed by atoms with E-state index < -0.39 is 0 Å². The van der Waals surface area contributed by atoms with Crippen molar-refractivity contribution in [2.24, 2.45) is 17.8 Å². The molecule has 0 bridgehead atoms. The lowest BCUT2D eigenvalue weighted by molar-refractivity contribution is 0.425. The molecule has 0 spiro atoms. The first-order valence-electron chi connectivity index (χ1n) is 4.50. The van der Waals surface area contributed by atoms with Crippen LogP contribution in [0.3, 0.4) is 0 Å². The SMILES string of the molecule is C[C@@H]1C[C@H]2CN[C@@H](C)[C@@H]2C1. The Morgan fingerprint density at radius 3 is 2.70 bits per heavy atom. The number of rotatable bonds is 0. The van der Waals surface area contributed by atoms with Gasteiger partial charge in [-0.3, -0.25) is 0 Å². The van der Waals surface area contributed by atoms with Gasteiger partial charge in [-0.2, -0.15) is 0 Å². The zero-order valence-corrected chi connectivity index (χ0v) is 6.93. The van der Waals surface area contributed by atoms with Crippen LogP contribution in [0, 0.1) is 17.8 Å². The first-order valence-corrected chi connectivity index (χ1v) is 4.50. The Kier molecular flexibility index (Phi) is 1.48. The van der Waals surface area contributed by atoms with E-state index in [0.29, 0.717) is 0 Å². The van der Waals surface area contributed by atoms with E-state index in [4.69, 9.17) is 0 Å². The average Bonchev–Trinajstić information content (AvgIpc) is 2.35. The molecule has 0 aromatic heterocycles. The van der Waals surface area contributed by atoms with E-state index in [1.54, 1.807) is 0 Å². The van der Waals surface area contributed by atoms with Crippen LogP contribution < -0.4 is 5.32 Å². The molecule has 4 atom stereocenters. The molecule has 2 aliphatic rings. The summed E-state index contributed by atoms with van der Waals surface area (Å²) < 4.78 is 0. The van der Waals surface area contributed by atoms with Gasteiger partial charge in [0.25, 0.3) is 0 Å². The van der Waals surface area contributed by atoms with Gasteiger partial charge in [-0.05, 0) is 44.1 Å². The van der Waals surface area contributed by atoms with Crippen molar-refractivity contribution in [3.8, 4) is 0 Å². The predicted octanol–water partition coefficient (Wildman–Crippen LogP) is 1.64. The molecule has 2 fully saturated rings. The van der Waals surface area contributed by atoms with Crippen LogP contribution in [-0.4, -0.2) is 12.6 Å². The van der Waals surface area contributed by atoms with Crippen molar-refractivity contribution >= 4 is 0 Å². The van der Waals surface area contributed by atoms with E-state index in [-0.39, 0.29) is 0 Å². The lowest BCUT2D eigenvalue weighted by Gasteiger charge is -2.12. The number of nitrogens with one attached hydrogen (secondary N) is 1. The number of fused-ring (bicyclic) bond motifs is 1. The van der Waals surface area contributed by atoms with Gasteiger partial charge in [-0.25, -0.2) is 0 Å². The average molecular weight is 139 g/mol. The largest absolute Gasteiger partial charge is 0.314 e. The molecule has 0 aromatic rings. The summed E-state index contributed by atoms with van der Waals surface area (Å²) in [6.07, 6.45) is 2.95. The molecule has 1 aliphatic heterocycles. The third-order valence-corrected chi connectivity index (χ3v) is 3.33. The number of hydrogen-bond donors (Lipinski definition) is 1. The van der Waals surface area contributed by atoms with Gasteiger partial charge in [0.05, 0.1) is 0 Å². The van der Waals surface area contributed by atoms with Gasteiger partial charge >= 0.3 is 0 Å². The molecule has 0 radical (unpaired) electrons. The van der Waals surface area contributed by atoms with Gasteiger partial charge in [-0.15, -0.1) is 0 Å². The minimum atomic E-state index is 0.801. The maximum absolute atomic E-state index is 3.54. The fraction of sp³-hybridized carbons (Fsp3) is 1.00. The monoisotopic (exact) mass is 139 g/mol. The normalized spacial score (nSPS) is 53.4. The zero-order chi connectivity index (χ0) is 7.14. The van der Waals surface area contributed by atoms with Crippen LogP contribution in [0.4, 0.5) is 0 Å². The fourth-order valence-electron chi connectivity index (χ4n) is 2.78. The van der Waals surface area contributed by atoms with Crippen LogP contribution in [-0.2, 0) is 0 Å². The number of hydrogen-bond acceptors (Lipinski definition) is 1. The van der Waals surface area contributed by atoms with E-state index in [1.165, 1.54) is 19.4 Å². The topological polar surface area (TPSA) is 12.0 Å². The van der Waals surface area contributed by atoms with Gasteiger partial charge in [0.15, 0.2) is 0 Å². The van der Waals surface area contributed by atoms with Crippen molar-refractivity contribution in [1.82, 2.24) is 5.32 Å². The van der Waals surface area contributed by atoms with Crippen LogP contribution in [0.2, 0.25) is 0 Å². The van der Waals surface area contributed by atoms with E-state index in [2.05, 4.69) is 19.2 Å². The molecule has 1 nitrogen and oxygen atoms in total. The highest BCUT2D eigenvalue weighted by Crippen LogP contribution is 2.40. The van der Waals surface area contributed by atoms with E-state index in [0.717, 1.165) is 23.8 Å². The zero-order valence-electron chi connectivity index (χ0n) is 6.93. The van der Waals surface area contributed by atoms with Crippen molar-refractivity contribution in [1.29, 1.82) is 0 Å². The van der Waals surface area contributed by atoms with Crippen LogP contribution in [0.5, 0.6) is 0 Å². The summed E-state index contributed by atoms with van der Waals surface area (Å²) in [7, 11) is 0. The Balaban J connectivity index is 2.05. The maximum Gasteiger partial charge on any atom is 0.00703 e. The van der Waals surface area contributed by atoms with Crippen molar-refractivity contribution in [3.63, 3.8) is 0 Å². The Labute approximate surface area is 63.2 Å². The summed E-state index contributed by atoms with van der Waals surface area (Å²) in [5.74, 6) is 3.03.